The molecular weight excluding hydrogens is 92.1 g/mol. The maximum atomic E-state index is 9.51. The zero-order valence-corrected chi connectivity index (χ0v) is 4.00. The molecule has 0 radical (unpaired) electrons. The Morgan fingerprint density at radius 3 is 2.71 bits per heavy atom. The number of allylic oxidation sites excluding steroid dienone is 1. The van der Waals surface area contributed by atoms with Gasteiger partial charge in [0.1, 0.15) is 6.29 Å². The van der Waals surface area contributed by atoms with Crippen molar-refractivity contribution in [2.45, 2.75) is 6.42 Å². The molecule has 0 saturated carbocycles. The molecule has 0 aromatic rings. The second-order valence-corrected chi connectivity index (χ2v) is 1.08. The number of aliphatic hydroxyl groups is 1. The maximum Gasteiger partial charge on any atom is 0.142 e. The van der Waals surface area contributed by atoms with E-state index in [9.17, 15) is 4.79 Å². The van der Waals surface area contributed by atoms with Gasteiger partial charge < -0.3 is 5.11 Å². The van der Waals surface area contributed by atoms with Crippen molar-refractivity contribution in [3.05, 3.63) is 12.2 Å². The predicted octanol–water partition coefficient (Wildman–Crippen LogP) is 0.124. The van der Waals surface area contributed by atoms with Crippen LogP contribution in [0.5, 0.6) is 0 Å². The molecule has 0 heterocycles. The Morgan fingerprint density at radius 1 is 1.57 bits per heavy atom. The van der Waals surface area contributed by atoms with Crippen LogP contribution in [0.4, 0.5) is 0 Å². The minimum atomic E-state index is 0.115. The highest BCUT2D eigenvalue weighted by atomic mass is 16.2. The molecule has 0 fully saturated rings. The molecule has 40 valence electrons. The van der Waals surface area contributed by atoms with Crippen LogP contribution < -0.4 is 0 Å². The number of aliphatic hydroxyl groups excluding tert-OH is 1. The smallest absolute Gasteiger partial charge is 0.142 e. The summed E-state index contributed by atoms with van der Waals surface area (Å²) in [5.41, 5.74) is 0. The van der Waals surface area contributed by atoms with E-state index >= 15 is 0 Å². The van der Waals surface area contributed by atoms with E-state index in [1.54, 1.807) is 6.08 Å². The summed E-state index contributed by atoms with van der Waals surface area (Å²) in [6.45, 7) is 0.115. The van der Waals surface area contributed by atoms with Crippen molar-refractivity contribution in [3.8, 4) is 0 Å². The molecule has 0 atom stereocenters. The summed E-state index contributed by atoms with van der Waals surface area (Å²) in [6, 6.07) is 0. The van der Waals surface area contributed by atoms with Crippen LogP contribution >= 0.6 is 0 Å². The first kappa shape index (κ1) is 6.37. The molecule has 0 amide bonds. The number of carbonyl (C=O) groups is 1. The fourth-order valence-electron chi connectivity index (χ4n) is 0.226. The van der Waals surface area contributed by atoms with Gasteiger partial charge in [0.15, 0.2) is 0 Å². The minimum Gasteiger partial charge on any atom is -0.396 e. The van der Waals surface area contributed by atoms with E-state index in [-0.39, 0.29) is 6.61 Å². The summed E-state index contributed by atoms with van der Waals surface area (Å²) in [7, 11) is 0. The second kappa shape index (κ2) is 5.37. The number of aldehydes is 1. The fourth-order valence-corrected chi connectivity index (χ4v) is 0.226. The molecule has 7 heavy (non-hydrogen) atoms. The highest BCUT2D eigenvalue weighted by Crippen LogP contribution is 1.75. The Balaban J connectivity index is 2.92. The molecule has 0 unspecified atom stereocenters. The summed E-state index contributed by atoms with van der Waals surface area (Å²) < 4.78 is 0. The molecule has 0 aliphatic rings. The lowest BCUT2D eigenvalue weighted by molar-refractivity contribution is -0.104. The third-order valence-corrected chi connectivity index (χ3v) is 0.510. The van der Waals surface area contributed by atoms with Gasteiger partial charge in [0, 0.05) is 6.61 Å². The molecule has 0 spiro atoms. The molecular formula is C5H8O2. The van der Waals surface area contributed by atoms with Crippen LogP contribution in [-0.4, -0.2) is 18.0 Å². The summed E-state index contributed by atoms with van der Waals surface area (Å²) in [6.07, 6.45) is 4.25. The van der Waals surface area contributed by atoms with Crippen LogP contribution in [0.1, 0.15) is 6.42 Å². The lowest BCUT2D eigenvalue weighted by Gasteiger charge is -1.76. The minimum absolute atomic E-state index is 0.115. The van der Waals surface area contributed by atoms with Gasteiger partial charge in [-0.05, 0) is 12.5 Å². The van der Waals surface area contributed by atoms with Crippen LogP contribution in [0.25, 0.3) is 0 Å². The summed E-state index contributed by atoms with van der Waals surface area (Å²) in [5.74, 6) is 0. The zero-order chi connectivity index (χ0) is 5.54. The third-order valence-electron chi connectivity index (χ3n) is 0.510. The molecule has 0 aromatic carbocycles. The zero-order valence-electron chi connectivity index (χ0n) is 4.00. The standard InChI is InChI=1S/C5H8O2/c6-4-2-1-3-5-7/h1-2,4,7H,3,5H2. The Bertz CT molecular complexity index is 66.5. The fraction of sp³-hybridized carbons (Fsp3) is 0.400. The first-order valence-electron chi connectivity index (χ1n) is 2.13. The van der Waals surface area contributed by atoms with Gasteiger partial charge in [-0.3, -0.25) is 4.79 Å². The first-order valence-corrected chi connectivity index (χ1v) is 2.13. The lowest BCUT2D eigenvalue weighted by Crippen LogP contribution is -1.74. The van der Waals surface area contributed by atoms with E-state index in [0.717, 1.165) is 0 Å². The third kappa shape index (κ3) is 5.37. The Kier molecular flexibility index (Phi) is 4.89. The van der Waals surface area contributed by atoms with Gasteiger partial charge in [0.05, 0.1) is 0 Å². The van der Waals surface area contributed by atoms with Gasteiger partial charge in [-0.15, -0.1) is 0 Å². The SMILES string of the molecule is O=CC=CCCO. The largest absolute Gasteiger partial charge is 0.396 e. The summed E-state index contributed by atoms with van der Waals surface area (Å²) >= 11 is 0. The molecule has 2 nitrogen and oxygen atoms in total. The van der Waals surface area contributed by atoms with E-state index in [1.807, 2.05) is 0 Å². The molecule has 0 saturated heterocycles. The first-order chi connectivity index (χ1) is 3.41. The highest BCUT2D eigenvalue weighted by Gasteiger charge is 1.68. The van der Waals surface area contributed by atoms with Crippen molar-refractivity contribution in [1.82, 2.24) is 0 Å². The van der Waals surface area contributed by atoms with Gasteiger partial charge in [-0.2, -0.15) is 0 Å². The van der Waals surface area contributed by atoms with Crippen molar-refractivity contribution in [3.63, 3.8) is 0 Å². The molecule has 0 bridgehead atoms. The summed E-state index contributed by atoms with van der Waals surface area (Å²) in [4.78, 5) is 9.51. The molecule has 0 aromatic heterocycles. The van der Waals surface area contributed by atoms with Gasteiger partial charge in [-0.25, -0.2) is 0 Å². The van der Waals surface area contributed by atoms with Gasteiger partial charge in [0.25, 0.3) is 0 Å². The van der Waals surface area contributed by atoms with Gasteiger partial charge in [-0.1, -0.05) is 6.08 Å². The second-order valence-electron chi connectivity index (χ2n) is 1.08. The molecule has 0 aliphatic carbocycles. The lowest BCUT2D eigenvalue weighted by atomic mass is 10.4. The number of rotatable bonds is 3. The number of hydrogen-bond acceptors (Lipinski definition) is 2. The summed E-state index contributed by atoms with van der Waals surface area (Å²) in [5, 5.41) is 8.13. The van der Waals surface area contributed by atoms with Crippen LogP contribution in [-0.2, 0) is 4.79 Å². The van der Waals surface area contributed by atoms with Crippen LogP contribution in [0.2, 0.25) is 0 Å². The Hall–Kier alpha value is -0.630. The van der Waals surface area contributed by atoms with Crippen LogP contribution in [0.15, 0.2) is 12.2 Å². The van der Waals surface area contributed by atoms with Crippen molar-refractivity contribution in [1.29, 1.82) is 0 Å². The average Bonchev–Trinajstić information content (AvgIpc) is 1.69. The molecule has 1 N–H and O–H groups in total. The van der Waals surface area contributed by atoms with E-state index in [2.05, 4.69) is 0 Å². The van der Waals surface area contributed by atoms with Crippen molar-refractivity contribution < 1.29 is 9.90 Å². The van der Waals surface area contributed by atoms with Crippen molar-refractivity contribution in [2.24, 2.45) is 0 Å². The van der Waals surface area contributed by atoms with E-state index in [0.29, 0.717) is 12.7 Å². The monoisotopic (exact) mass is 100 g/mol. The Morgan fingerprint density at radius 2 is 2.29 bits per heavy atom. The quantitative estimate of drug-likeness (QED) is 0.404. The number of carbonyl (C=O) groups excluding carboxylic acids is 1. The van der Waals surface area contributed by atoms with E-state index in [1.165, 1.54) is 6.08 Å². The van der Waals surface area contributed by atoms with E-state index in [4.69, 9.17) is 5.11 Å². The molecule has 0 rings (SSSR count). The van der Waals surface area contributed by atoms with Crippen molar-refractivity contribution in [2.75, 3.05) is 6.61 Å². The topological polar surface area (TPSA) is 37.3 Å². The van der Waals surface area contributed by atoms with Gasteiger partial charge in [0.2, 0.25) is 0 Å². The molecule has 2 heteroatoms. The average molecular weight is 100 g/mol. The maximum absolute atomic E-state index is 9.51. The normalized spacial score (nSPS) is 9.86. The van der Waals surface area contributed by atoms with Crippen LogP contribution in [0, 0.1) is 0 Å². The Labute approximate surface area is 42.5 Å². The van der Waals surface area contributed by atoms with Gasteiger partial charge >= 0.3 is 0 Å². The highest BCUT2D eigenvalue weighted by molar-refractivity contribution is 5.64. The van der Waals surface area contributed by atoms with Crippen molar-refractivity contribution >= 4 is 6.29 Å². The van der Waals surface area contributed by atoms with E-state index < -0.39 is 0 Å². The number of hydrogen-bond donors (Lipinski definition) is 1. The molecule has 0 aliphatic heterocycles. The van der Waals surface area contributed by atoms with Crippen LogP contribution in [0.3, 0.4) is 0 Å². The predicted molar refractivity (Wildman–Crippen MR) is 26.9 cm³/mol.